The molecule has 136 valence electrons. The van der Waals surface area contributed by atoms with Crippen LogP contribution in [0.2, 0.25) is 0 Å². The average Bonchev–Trinajstić information content (AvgIpc) is 3.07. The first-order chi connectivity index (χ1) is 13.0. The van der Waals surface area contributed by atoms with Gasteiger partial charge in [-0.3, -0.25) is 9.78 Å². The number of hydrogen-bond acceptors (Lipinski definition) is 5. The number of benzene rings is 2. The number of fused-ring (bicyclic) bond motifs is 2. The summed E-state index contributed by atoms with van der Waals surface area (Å²) < 4.78 is 10.9. The third-order valence-corrected chi connectivity index (χ3v) is 4.38. The molecule has 0 saturated heterocycles. The smallest absolute Gasteiger partial charge is 0.252 e. The second-order valence-corrected chi connectivity index (χ2v) is 6.46. The minimum atomic E-state index is -0.184. The van der Waals surface area contributed by atoms with Crippen molar-refractivity contribution in [3.05, 3.63) is 65.2 Å². The van der Waals surface area contributed by atoms with E-state index < -0.39 is 0 Å². The van der Waals surface area contributed by atoms with E-state index in [1.54, 1.807) is 25.3 Å². The van der Waals surface area contributed by atoms with Crippen molar-refractivity contribution in [1.29, 1.82) is 0 Å². The van der Waals surface area contributed by atoms with Crippen molar-refractivity contribution in [2.24, 2.45) is 0 Å². The van der Waals surface area contributed by atoms with Crippen LogP contribution >= 0.6 is 0 Å². The quantitative estimate of drug-likeness (QED) is 0.596. The fraction of sp³-hybridized carbons (Fsp3) is 0.190. The fourth-order valence-electron chi connectivity index (χ4n) is 3.07. The van der Waals surface area contributed by atoms with Gasteiger partial charge in [0.15, 0.2) is 5.58 Å². The fourth-order valence-corrected chi connectivity index (χ4v) is 3.07. The highest BCUT2D eigenvalue weighted by atomic mass is 16.5. The predicted octanol–water partition coefficient (Wildman–Crippen LogP) is 3.93. The van der Waals surface area contributed by atoms with Gasteiger partial charge in [-0.05, 0) is 44.2 Å². The van der Waals surface area contributed by atoms with Gasteiger partial charge in [-0.25, -0.2) is 4.98 Å². The van der Waals surface area contributed by atoms with Crippen LogP contribution in [0.1, 0.15) is 27.5 Å². The molecule has 0 unspecified atom stereocenters. The van der Waals surface area contributed by atoms with Gasteiger partial charge in [0.1, 0.15) is 11.3 Å². The highest BCUT2D eigenvalue weighted by molar-refractivity contribution is 6.06. The molecule has 4 aromatic rings. The van der Waals surface area contributed by atoms with Crippen molar-refractivity contribution in [3.8, 4) is 5.75 Å². The van der Waals surface area contributed by atoms with Crippen LogP contribution in [0, 0.1) is 13.8 Å². The zero-order valence-electron chi connectivity index (χ0n) is 15.4. The van der Waals surface area contributed by atoms with E-state index in [1.807, 2.05) is 38.1 Å². The summed E-state index contributed by atoms with van der Waals surface area (Å²) in [6.07, 6.45) is 0. The van der Waals surface area contributed by atoms with Crippen molar-refractivity contribution < 1.29 is 13.9 Å². The Kier molecular flexibility index (Phi) is 4.24. The second kappa shape index (κ2) is 6.72. The maximum atomic E-state index is 12.8. The van der Waals surface area contributed by atoms with Gasteiger partial charge < -0.3 is 14.5 Å². The molecule has 0 aliphatic carbocycles. The highest BCUT2D eigenvalue weighted by Gasteiger charge is 2.14. The first kappa shape index (κ1) is 17.0. The summed E-state index contributed by atoms with van der Waals surface area (Å²) in [5.74, 6) is 0.967. The summed E-state index contributed by atoms with van der Waals surface area (Å²) >= 11 is 0. The maximum Gasteiger partial charge on any atom is 0.252 e. The van der Waals surface area contributed by atoms with Gasteiger partial charge in [-0.15, -0.1) is 0 Å². The molecule has 0 spiro atoms. The minimum absolute atomic E-state index is 0.184. The summed E-state index contributed by atoms with van der Waals surface area (Å²) in [6, 6.07) is 13.1. The third kappa shape index (κ3) is 3.33. The van der Waals surface area contributed by atoms with E-state index in [1.165, 1.54) is 0 Å². The molecule has 4 rings (SSSR count). The molecule has 0 aliphatic rings. The van der Waals surface area contributed by atoms with Crippen molar-refractivity contribution >= 4 is 27.9 Å². The third-order valence-electron chi connectivity index (χ3n) is 4.38. The number of carbonyl (C=O) groups excluding carboxylic acids is 1. The first-order valence-corrected chi connectivity index (χ1v) is 8.63. The Bertz CT molecular complexity index is 1160. The van der Waals surface area contributed by atoms with Crippen molar-refractivity contribution in [2.75, 3.05) is 7.11 Å². The number of amides is 1. The zero-order chi connectivity index (χ0) is 19.0. The first-order valence-electron chi connectivity index (χ1n) is 8.63. The molecule has 6 heteroatoms. The van der Waals surface area contributed by atoms with Crippen LogP contribution in [0.4, 0.5) is 0 Å². The number of carbonyl (C=O) groups is 1. The number of hydrogen-bond donors (Lipinski definition) is 1. The summed E-state index contributed by atoms with van der Waals surface area (Å²) in [5, 5.41) is 3.72. The molecule has 1 amide bonds. The maximum absolute atomic E-state index is 12.8. The molecule has 0 aliphatic heterocycles. The molecule has 0 bridgehead atoms. The predicted molar refractivity (Wildman–Crippen MR) is 103 cm³/mol. The van der Waals surface area contributed by atoms with Crippen LogP contribution in [0.5, 0.6) is 5.75 Å². The minimum Gasteiger partial charge on any atom is -0.497 e. The van der Waals surface area contributed by atoms with Crippen molar-refractivity contribution in [2.45, 2.75) is 20.4 Å². The lowest BCUT2D eigenvalue weighted by Crippen LogP contribution is -2.23. The van der Waals surface area contributed by atoms with Crippen LogP contribution in [0.3, 0.4) is 0 Å². The number of pyridine rings is 1. The Morgan fingerprint density at radius 3 is 2.74 bits per heavy atom. The SMILES string of the molecule is COc1ccc2oc(CNC(=O)c3cc(C)nc4ccc(C)cc34)nc2c1. The number of oxazole rings is 1. The topological polar surface area (TPSA) is 77.2 Å². The Hall–Kier alpha value is -3.41. The summed E-state index contributed by atoms with van der Waals surface area (Å²) in [4.78, 5) is 21.7. The Labute approximate surface area is 156 Å². The number of methoxy groups -OCH3 is 1. The molecule has 0 atom stereocenters. The number of ether oxygens (including phenoxy) is 1. The van der Waals surface area contributed by atoms with E-state index in [4.69, 9.17) is 9.15 Å². The largest absolute Gasteiger partial charge is 0.497 e. The second-order valence-electron chi connectivity index (χ2n) is 6.46. The molecular formula is C21H19N3O3. The summed E-state index contributed by atoms with van der Waals surface area (Å²) in [6.45, 7) is 4.07. The molecule has 2 aromatic heterocycles. The molecule has 27 heavy (non-hydrogen) atoms. The number of nitrogens with one attached hydrogen (secondary N) is 1. The van der Waals surface area contributed by atoms with Crippen LogP contribution in [0.25, 0.3) is 22.0 Å². The molecule has 0 radical (unpaired) electrons. The molecule has 2 heterocycles. The molecule has 6 nitrogen and oxygen atoms in total. The molecule has 0 fully saturated rings. The van der Waals surface area contributed by atoms with E-state index in [2.05, 4.69) is 15.3 Å². The number of rotatable bonds is 4. The van der Waals surface area contributed by atoms with Crippen LogP contribution < -0.4 is 10.1 Å². The molecule has 1 N–H and O–H groups in total. The van der Waals surface area contributed by atoms with Crippen LogP contribution in [-0.4, -0.2) is 23.0 Å². The van der Waals surface area contributed by atoms with Crippen LogP contribution in [0.15, 0.2) is 46.9 Å². The van der Waals surface area contributed by atoms with Gasteiger partial charge in [0.2, 0.25) is 5.89 Å². The Balaban J connectivity index is 1.59. The van der Waals surface area contributed by atoms with Gasteiger partial charge in [-0.1, -0.05) is 11.6 Å². The van der Waals surface area contributed by atoms with Gasteiger partial charge in [0.25, 0.3) is 5.91 Å². The van der Waals surface area contributed by atoms with E-state index in [0.29, 0.717) is 28.3 Å². The van der Waals surface area contributed by atoms with E-state index >= 15 is 0 Å². The number of nitrogens with zero attached hydrogens (tertiary/aromatic N) is 2. The molecule has 0 saturated carbocycles. The lowest BCUT2D eigenvalue weighted by Gasteiger charge is -2.08. The average molecular weight is 361 g/mol. The Morgan fingerprint density at radius 1 is 1.07 bits per heavy atom. The molecule has 2 aromatic carbocycles. The zero-order valence-corrected chi connectivity index (χ0v) is 15.4. The van der Waals surface area contributed by atoms with E-state index in [-0.39, 0.29) is 12.5 Å². The summed E-state index contributed by atoms with van der Waals surface area (Å²) in [5.41, 5.74) is 4.62. The van der Waals surface area contributed by atoms with Gasteiger partial charge in [-0.2, -0.15) is 0 Å². The van der Waals surface area contributed by atoms with Gasteiger partial charge >= 0.3 is 0 Å². The van der Waals surface area contributed by atoms with Crippen molar-refractivity contribution in [3.63, 3.8) is 0 Å². The Morgan fingerprint density at radius 2 is 1.93 bits per heavy atom. The number of aromatic nitrogens is 2. The van der Waals surface area contributed by atoms with Crippen LogP contribution in [-0.2, 0) is 6.54 Å². The van der Waals surface area contributed by atoms with Crippen molar-refractivity contribution in [1.82, 2.24) is 15.3 Å². The normalized spacial score (nSPS) is 11.1. The van der Waals surface area contributed by atoms with E-state index in [0.717, 1.165) is 22.2 Å². The van der Waals surface area contributed by atoms with Gasteiger partial charge in [0, 0.05) is 17.1 Å². The van der Waals surface area contributed by atoms with Gasteiger partial charge in [0.05, 0.1) is 24.7 Å². The summed E-state index contributed by atoms with van der Waals surface area (Å²) in [7, 11) is 1.60. The monoisotopic (exact) mass is 361 g/mol. The standard InChI is InChI=1S/C21H19N3O3/c1-12-4-6-17-15(8-12)16(9-13(2)23-17)21(25)22-11-20-24-18-10-14(26-3)5-7-19(18)27-20/h4-10H,11H2,1-3H3,(H,22,25). The number of aryl methyl sites for hydroxylation is 2. The van der Waals surface area contributed by atoms with E-state index in [9.17, 15) is 4.79 Å². The lowest BCUT2D eigenvalue weighted by atomic mass is 10.0. The highest BCUT2D eigenvalue weighted by Crippen LogP contribution is 2.22. The molecular weight excluding hydrogens is 342 g/mol. The lowest BCUT2D eigenvalue weighted by molar-refractivity contribution is 0.0949.